The van der Waals surface area contributed by atoms with Crippen LogP contribution in [0.15, 0.2) is 23.8 Å². The van der Waals surface area contributed by atoms with Crippen molar-refractivity contribution in [1.82, 2.24) is 0 Å². The topological polar surface area (TPSA) is 0 Å². The molecule has 0 amide bonds. The molecule has 0 atom stereocenters. The number of halogens is 1. The van der Waals surface area contributed by atoms with Crippen molar-refractivity contribution in [2.75, 3.05) is 5.75 Å². The van der Waals surface area contributed by atoms with E-state index in [9.17, 15) is 0 Å². The van der Waals surface area contributed by atoms with Crippen LogP contribution >= 0.6 is 23.4 Å². The average molecular weight is 237 g/mol. The lowest BCUT2D eigenvalue weighted by atomic mass is 9.80. The molecule has 1 aliphatic carbocycles. The summed E-state index contributed by atoms with van der Waals surface area (Å²) < 4.78 is 0. The molecule has 2 heteroatoms. The molecule has 3 rings (SSSR count). The van der Waals surface area contributed by atoms with Crippen LogP contribution in [0.5, 0.6) is 0 Å². The Hall–Kier alpha value is -0.400. The average Bonchev–Trinajstić information content (AvgIpc) is 2.72. The first-order valence-corrected chi connectivity index (χ1v) is 6.64. The second kappa shape index (κ2) is 3.05. The van der Waals surface area contributed by atoms with Gasteiger partial charge in [0.2, 0.25) is 0 Å². The van der Waals surface area contributed by atoms with E-state index >= 15 is 0 Å². The van der Waals surface area contributed by atoms with E-state index in [1.54, 1.807) is 5.57 Å². The summed E-state index contributed by atoms with van der Waals surface area (Å²) in [5, 5.41) is 0.855. The van der Waals surface area contributed by atoms with E-state index in [4.69, 9.17) is 11.6 Å². The molecule has 0 N–H and O–H groups in total. The molecule has 2 aliphatic rings. The van der Waals surface area contributed by atoms with Gasteiger partial charge in [-0.2, -0.15) is 0 Å². The van der Waals surface area contributed by atoms with Gasteiger partial charge >= 0.3 is 0 Å². The van der Waals surface area contributed by atoms with Gasteiger partial charge in [0.05, 0.1) is 0 Å². The highest BCUT2D eigenvalue weighted by atomic mass is 35.5. The second-order valence-corrected chi connectivity index (χ2v) is 6.26. The number of fused-ring (bicyclic) bond motifs is 2. The molecular formula is C13H13ClS. The van der Waals surface area contributed by atoms with Gasteiger partial charge in [0.1, 0.15) is 0 Å². The summed E-state index contributed by atoms with van der Waals surface area (Å²) in [6, 6.07) is 6.32. The van der Waals surface area contributed by atoms with E-state index in [1.165, 1.54) is 28.2 Å². The molecule has 0 unspecified atom stereocenters. The fourth-order valence-corrected chi connectivity index (χ4v) is 4.23. The molecule has 1 aromatic carbocycles. The number of allylic oxidation sites excluding steroid dienone is 1. The van der Waals surface area contributed by atoms with E-state index in [2.05, 4.69) is 26.0 Å². The predicted octanol–water partition coefficient (Wildman–Crippen LogP) is 4.48. The lowest BCUT2D eigenvalue weighted by Gasteiger charge is -2.23. The molecule has 0 nitrogen and oxygen atoms in total. The van der Waals surface area contributed by atoms with Crippen LogP contribution in [0, 0.1) is 0 Å². The van der Waals surface area contributed by atoms with Gasteiger partial charge in [-0.3, -0.25) is 0 Å². The number of thioether (sulfide) groups is 1. The third kappa shape index (κ3) is 1.23. The van der Waals surface area contributed by atoms with Crippen molar-refractivity contribution < 1.29 is 0 Å². The van der Waals surface area contributed by atoms with Crippen molar-refractivity contribution in [3.05, 3.63) is 39.9 Å². The summed E-state index contributed by atoms with van der Waals surface area (Å²) in [5.41, 5.74) is 4.64. The SMILES string of the molecule is CC1(C)C2=C(SCC2)c2ccc(Cl)cc21. The number of benzene rings is 1. The monoisotopic (exact) mass is 236 g/mol. The van der Waals surface area contributed by atoms with Gasteiger partial charge in [-0.05, 0) is 35.3 Å². The van der Waals surface area contributed by atoms with Gasteiger partial charge < -0.3 is 0 Å². The lowest BCUT2D eigenvalue weighted by Crippen LogP contribution is -2.17. The highest BCUT2D eigenvalue weighted by Crippen LogP contribution is 2.55. The zero-order valence-corrected chi connectivity index (χ0v) is 10.5. The summed E-state index contributed by atoms with van der Waals surface area (Å²) in [5.74, 6) is 1.25. The van der Waals surface area contributed by atoms with Crippen LogP contribution < -0.4 is 0 Å². The van der Waals surface area contributed by atoms with Crippen LogP contribution in [0.25, 0.3) is 4.91 Å². The van der Waals surface area contributed by atoms with E-state index in [0.717, 1.165) is 5.02 Å². The molecule has 0 bridgehead atoms. The minimum Gasteiger partial charge on any atom is -0.125 e. The van der Waals surface area contributed by atoms with Crippen molar-refractivity contribution in [1.29, 1.82) is 0 Å². The predicted molar refractivity (Wildman–Crippen MR) is 68.5 cm³/mol. The highest BCUT2D eigenvalue weighted by Gasteiger charge is 2.39. The lowest BCUT2D eigenvalue weighted by molar-refractivity contribution is 0.621. The standard InChI is InChI=1S/C13H13ClS/c1-13(2)10-5-6-15-12(10)9-4-3-8(14)7-11(9)13/h3-4,7H,5-6H2,1-2H3. The van der Waals surface area contributed by atoms with Crippen LogP contribution in [-0.2, 0) is 5.41 Å². The third-order valence-corrected chi connectivity index (χ3v) is 4.92. The maximum absolute atomic E-state index is 6.08. The van der Waals surface area contributed by atoms with E-state index in [1.807, 2.05) is 17.8 Å². The van der Waals surface area contributed by atoms with Gasteiger partial charge in [-0.15, -0.1) is 11.8 Å². The number of hydrogen-bond acceptors (Lipinski definition) is 1. The highest BCUT2D eigenvalue weighted by molar-refractivity contribution is 8.08. The molecule has 0 radical (unpaired) electrons. The Kier molecular flexibility index (Phi) is 1.99. The maximum atomic E-state index is 6.08. The smallest absolute Gasteiger partial charge is 0.0409 e. The van der Waals surface area contributed by atoms with Gasteiger partial charge in [0.15, 0.2) is 0 Å². The second-order valence-electron chi connectivity index (χ2n) is 4.72. The Balaban J connectivity index is 2.27. The molecule has 0 aromatic heterocycles. The van der Waals surface area contributed by atoms with Crippen LogP contribution in [0.2, 0.25) is 5.02 Å². The number of hydrogen-bond donors (Lipinski definition) is 0. The quantitative estimate of drug-likeness (QED) is 0.640. The zero-order valence-electron chi connectivity index (χ0n) is 8.93. The largest absolute Gasteiger partial charge is 0.125 e. The van der Waals surface area contributed by atoms with E-state index < -0.39 is 0 Å². The molecule has 0 fully saturated rings. The first-order chi connectivity index (χ1) is 7.10. The Morgan fingerprint density at radius 3 is 2.93 bits per heavy atom. The van der Waals surface area contributed by atoms with E-state index in [0.29, 0.717) is 0 Å². The molecule has 1 heterocycles. The summed E-state index contributed by atoms with van der Waals surface area (Å²) >= 11 is 8.08. The van der Waals surface area contributed by atoms with Gasteiger partial charge in [-0.1, -0.05) is 31.5 Å². The number of rotatable bonds is 0. The minimum atomic E-state index is 0.194. The third-order valence-electron chi connectivity index (χ3n) is 3.53. The summed E-state index contributed by atoms with van der Waals surface area (Å²) in [6.07, 6.45) is 1.24. The maximum Gasteiger partial charge on any atom is 0.0409 e. The summed E-state index contributed by atoms with van der Waals surface area (Å²) in [7, 11) is 0. The van der Waals surface area contributed by atoms with Gasteiger partial charge in [-0.25, -0.2) is 0 Å². The molecule has 1 aliphatic heterocycles. The molecule has 1 aromatic rings. The zero-order chi connectivity index (χ0) is 10.6. The Morgan fingerprint density at radius 2 is 2.13 bits per heavy atom. The first kappa shape index (κ1) is 9.80. The molecule has 78 valence electrons. The molecule has 0 saturated heterocycles. The Bertz CT molecular complexity index is 471. The fraction of sp³-hybridized carbons (Fsp3) is 0.385. The molecule has 15 heavy (non-hydrogen) atoms. The van der Waals surface area contributed by atoms with Crippen LogP contribution in [0.4, 0.5) is 0 Å². The van der Waals surface area contributed by atoms with E-state index in [-0.39, 0.29) is 5.41 Å². The van der Waals surface area contributed by atoms with Crippen molar-refractivity contribution >= 4 is 28.3 Å². The Labute approximate surface area is 99.7 Å². The normalized spacial score (nSPS) is 21.8. The Morgan fingerprint density at radius 1 is 1.33 bits per heavy atom. The van der Waals surface area contributed by atoms with Crippen LogP contribution in [0.1, 0.15) is 31.4 Å². The van der Waals surface area contributed by atoms with Crippen LogP contribution in [0.3, 0.4) is 0 Å². The summed E-state index contributed by atoms with van der Waals surface area (Å²) in [6.45, 7) is 4.63. The van der Waals surface area contributed by atoms with Crippen LogP contribution in [-0.4, -0.2) is 5.75 Å². The van der Waals surface area contributed by atoms with Crippen molar-refractivity contribution in [3.63, 3.8) is 0 Å². The summed E-state index contributed by atoms with van der Waals surface area (Å²) in [4.78, 5) is 1.52. The van der Waals surface area contributed by atoms with Gasteiger partial charge in [0, 0.05) is 21.1 Å². The molecule has 0 saturated carbocycles. The first-order valence-electron chi connectivity index (χ1n) is 5.27. The van der Waals surface area contributed by atoms with Gasteiger partial charge in [0.25, 0.3) is 0 Å². The molecule has 0 spiro atoms. The molecular weight excluding hydrogens is 224 g/mol. The van der Waals surface area contributed by atoms with Crippen molar-refractivity contribution in [2.24, 2.45) is 0 Å². The fourth-order valence-electron chi connectivity index (χ4n) is 2.69. The minimum absolute atomic E-state index is 0.194. The van der Waals surface area contributed by atoms with Crippen molar-refractivity contribution in [2.45, 2.75) is 25.7 Å². The van der Waals surface area contributed by atoms with Crippen molar-refractivity contribution in [3.8, 4) is 0 Å².